The van der Waals surface area contributed by atoms with Gasteiger partial charge in [0.2, 0.25) is 0 Å². The highest BCUT2D eigenvalue weighted by Crippen LogP contribution is 2.13. The number of ether oxygens (including phenoxy) is 1. The zero-order valence-electron chi connectivity index (χ0n) is 12.6. The lowest BCUT2D eigenvalue weighted by atomic mass is 10.1. The van der Waals surface area contributed by atoms with Crippen LogP contribution in [0.1, 0.15) is 28.8 Å². The van der Waals surface area contributed by atoms with E-state index in [2.05, 4.69) is 5.32 Å². The van der Waals surface area contributed by atoms with Crippen LogP contribution in [0, 0.1) is 5.82 Å². The number of carbonyl (C=O) groups is 1. The van der Waals surface area contributed by atoms with Gasteiger partial charge in [-0.05, 0) is 49.1 Å². The van der Waals surface area contributed by atoms with Crippen LogP contribution in [-0.4, -0.2) is 19.6 Å². The summed E-state index contributed by atoms with van der Waals surface area (Å²) in [5, 5.41) is 2.75. The van der Waals surface area contributed by atoms with E-state index in [1.807, 2.05) is 24.3 Å². The van der Waals surface area contributed by atoms with Gasteiger partial charge >= 0.3 is 0 Å². The van der Waals surface area contributed by atoms with E-state index in [9.17, 15) is 9.18 Å². The summed E-state index contributed by atoms with van der Waals surface area (Å²) in [6, 6.07) is 14.0. The van der Waals surface area contributed by atoms with Crippen molar-refractivity contribution in [1.82, 2.24) is 5.32 Å². The van der Waals surface area contributed by atoms with Crippen LogP contribution < -0.4 is 10.1 Å². The van der Waals surface area contributed by atoms with Crippen LogP contribution in [0.2, 0.25) is 0 Å². The van der Waals surface area contributed by atoms with Crippen molar-refractivity contribution >= 4 is 5.91 Å². The molecule has 3 nitrogen and oxygen atoms in total. The fraction of sp³-hybridized carbons (Fsp3) is 0.278. The molecule has 0 aliphatic carbocycles. The molecule has 116 valence electrons. The number of hydrogen-bond donors (Lipinski definition) is 1. The molecule has 0 aromatic heterocycles. The number of carbonyl (C=O) groups excluding carboxylic acids is 1. The van der Waals surface area contributed by atoms with Gasteiger partial charge in [0.05, 0.1) is 12.7 Å². The van der Waals surface area contributed by atoms with Gasteiger partial charge in [-0.3, -0.25) is 4.79 Å². The minimum Gasteiger partial charge on any atom is -0.497 e. The third kappa shape index (κ3) is 4.58. The summed E-state index contributed by atoms with van der Waals surface area (Å²) < 4.78 is 18.5. The molecule has 0 saturated carbocycles. The largest absolute Gasteiger partial charge is 0.497 e. The molecule has 0 spiro atoms. The average Bonchev–Trinajstić information content (AvgIpc) is 2.55. The number of methoxy groups -OCH3 is 1. The van der Waals surface area contributed by atoms with Crippen molar-refractivity contribution in [3.8, 4) is 5.75 Å². The molecule has 0 heterocycles. The first-order chi connectivity index (χ1) is 10.7. The number of aryl methyl sites for hydroxylation is 1. The average molecular weight is 301 g/mol. The standard InChI is InChI=1S/C18H20FNO2/c1-22-15-11-9-14(10-12-15)6-4-5-13-20-18(21)16-7-2-3-8-17(16)19/h2-3,7-12H,4-6,13H2,1H3,(H,20,21). The topological polar surface area (TPSA) is 38.3 Å². The zero-order chi connectivity index (χ0) is 15.8. The van der Waals surface area contributed by atoms with Gasteiger partial charge in [0, 0.05) is 6.54 Å². The van der Waals surface area contributed by atoms with E-state index in [4.69, 9.17) is 4.74 Å². The van der Waals surface area contributed by atoms with Crippen molar-refractivity contribution in [3.05, 3.63) is 65.5 Å². The Bertz CT molecular complexity index is 611. The van der Waals surface area contributed by atoms with Crippen LogP contribution in [0.25, 0.3) is 0 Å². The SMILES string of the molecule is COc1ccc(CCCCNC(=O)c2ccccc2F)cc1. The van der Waals surface area contributed by atoms with Gasteiger partial charge in [-0.15, -0.1) is 0 Å². The van der Waals surface area contributed by atoms with Crippen molar-refractivity contribution in [2.24, 2.45) is 0 Å². The number of benzene rings is 2. The molecule has 2 rings (SSSR count). The molecule has 0 aliphatic rings. The summed E-state index contributed by atoms with van der Waals surface area (Å²) in [7, 11) is 1.65. The Morgan fingerprint density at radius 2 is 1.82 bits per heavy atom. The molecule has 0 bridgehead atoms. The Labute approximate surface area is 130 Å². The van der Waals surface area contributed by atoms with E-state index in [0.717, 1.165) is 25.0 Å². The van der Waals surface area contributed by atoms with Crippen LogP contribution in [0.4, 0.5) is 4.39 Å². The third-order valence-corrected chi connectivity index (χ3v) is 3.46. The van der Waals surface area contributed by atoms with E-state index >= 15 is 0 Å². The first kappa shape index (κ1) is 16.0. The summed E-state index contributed by atoms with van der Waals surface area (Å²) in [5.41, 5.74) is 1.33. The first-order valence-corrected chi connectivity index (χ1v) is 7.36. The zero-order valence-corrected chi connectivity index (χ0v) is 12.6. The first-order valence-electron chi connectivity index (χ1n) is 7.36. The van der Waals surface area contributed by atoms with E-state index in [1.165, 1.54) is 17.7 Å². The molecule has 2 aromatic rings. The van der Waals surface area contributed by atoms with Gasteiger partial charge in [0.15, 0.2) is 0 Å². The maximum atomic E-state index is 13.4. The van der Waals surface area contributed by atoms with Gasteiger partial charge in [-0.2, -0.15) is 0 Å². The summed E-state index contributed by atoms with van der Waals surface area (Å²) >= 11 is 0. The van der Waals surface area contributed by atoms with Crippen molar-refractivity contribution in [3.63, 3.8) is 0 Å². The van der Waals surface area contributed by atoms with E-state index in [1.54, 1.807) is 19.2 Å². The molecule has 0 fully saturated rings. The van der Waals surface area contributed by atoms with E-state index < -0.39 is 5.82 Å². The minimum atomic E-state index is -0.488. The number of nitrogens with one attached hydrogen (secondary N) is 1. The number of unbranched alkanes of at least 4 members (excludes halogenated alkanes) is 1. The number of rotatable bonds is 7. The monoisotopic (exact) mass is 301 g/mol. The smallest absolute Gasteiger partial charge is 0.254 e. The second-order valence-electron chi connectivity index (χ2n) is 5.04. The summed E-state index contributed by atoms with van der Waals surface area (Å²) in [4.78, 5) is 11.8. The summed E-state index contributed by atoms with van der Waals surface area (Å²) in [5.74, 6) is 0.00156. The Kier molecular flexibility index (Phi) is 5.95. The van der Waals surface area contributed by atoms with Gasteiger partial charge in [-0.1, -0.05) is 24.3 Å². The van der Waals surface area contributed by atoms with Crippen LogP contribution in [0.15, 0.2) is 48.5 Å². The lowest BCUT2D eigenvalue weighted by Crippen LogP contribution is -2.25. The summed E-state index contributed by atoms with van der Waals surface area (Å²) in [6.07, 6.45) is 2.76. The summed E-state index contributed by atoms with van der Waals surface area (Å²) in [6.45, 7) is 0.545. The van der Waals surface area contributed by atoms with Gasteiger partial charge in [0.25, 0.3) is 5.91 Å². The molecule has 0 aliphatic heterocycles. The Morgan fingerprint density at radius 3 is 2.50 bits per heavy atom. The van der Waals surface area contributed by atoms with Crippen LogP contribution in [-0.2, 0) is 6.42 Å². The third-order valence-electron chi connectivity index (χ3n) is 3.46. The molecule has 2 aromatic carbocycles. The quantitative estimate of drug-likeness (QED) is 0.794. The molecular formula is C18H20FNO2. The molecule has 1 N–H and O–H groups in total. The van der Waals surface area contributed by atoms with Crippen LogP contribution in [0.3, 0.4) is 0 Å². The Balaban J connectivity index is 1.68. The van der Waals surface area contributed by atoms with Crippen molar-refractivity contribution in [1.29, 1.82) is 0 Å². The molecular weight excluding hydrogens is 281 g/mol. The molecule has 0 saturated heterocycles. The predicted molar refractivity (Wildman–Crippen MR) is 84.7 cm³/mol. The second kappa shape index (κ2) is 8.17. The highest BCUT2D eigenvalue weighted by Gasteiger charge is 2.09. The molecule has 0 radical (unpaired) electrons. The highest BCUT2D eigenvalue weighted by molar-refractivity contribution is 5.94. The lowest BCUT2D eigenvalue weighted by Gasteiger charge is -2.06. The maximum absolute atomic E-state index is 13.4. The predicted octanol–water partition coefficient (Wildman–Crippen LogP) is 3.59. The van der Waals surface area contributed by atoms with Crippen LogP contribution in [0.5, 0.6) is 5.75 Å². The number of halogens is 1. The number of hydrogen-bond acceptors (Lipinski definition) is 2. The van der Waals surface area contributed by atoms with Gasteiger partial charge in [0.1, 0.15) is 11.6 Å². The normalized spacial score (nSPS) is 10.3. The molecule has 0 atom stereocenters. The Morgan fingerprint density at radius 1 is 1.09 bits per heavy atom. The molecule has 0 unspecified atom stereocenters. The minimum absolute atomic E-state index is 0.0951. The maximum Gasteiger partial charge on any atom is 0.254 e. The van der Waals surface area contributed by atoms with E-state index in [0.29, 0.717) is 6.54 Å². The van der Waals surface area contributed by atoms with Crippen molar-refractivity contribution < 1.29 is 13.9 Å². The van der Waals surface area contributed by atoms with Crippen LogP contribution >= 0.6 is 0 Å². The fourth-order valence-corrected chi connectivity index (χ4v) is 2.19. The fourth-order valence-electron chi connectivity index (χ4n) is 2.19. The van der Waals surface area contributed by atoms with Gasteiger partial charge in [-0.25, -0.2) is 4.39 Å². The van der Waals surface area contributed by atoms with Crippen molar-refractivity contribution in [2.45, 2.75) is 19.3 Å². The highest BCUT2D eigenvalue weighted by atomic mass is 19.1. The molecule has 4 heteroatoms. The van der Waals surface area contributed by atoms with E-state index in [-0.39, 0.29) is 11.5 Å². The Hall–Kier alpha value is -2.36. The molecule has 1 amide bonds. The van der Waals surface area contributed by atoms with Gasteiger partial charge < -0.3 is 10.1 Å². The molecule has 22 heavy (non-hydrogen) atoms. The second-order valence-corrected chi connectivity index (χ2v) is 5.04. The lowest BCUT2D eigenvalue weighted by molar-refractivity contribution is 0.0949. The number of amides is 1. The van der Waals surface area contributed by atoms with Crippen molar-refractivity contribution in [2.75, 3.05) is 13.7 Å².